The van der Waals surface area contributed by atoms with Gasteiger partial charge < -0.3 is 9.47 Å². The topological polar surface area (TPSA) is 55.8 Å². The first-order valence-electron chi connectivity index (χ1n) is 9.99. The average Bonchev–Trinajstić information content (AvgIpc) is 3.07. The number of halogens is 2. The minimum absolute atomic E-state index is 0.0251. The van der Waals surface area contributed by atoms with Crippen molar-refractivity contribution in [3.8, 4) is 11.5 Å². The van der Waals surface area contributed by atoms with Gasteiger partial charge in [-0.05, 0) is 47.7 Å². The maximum Gasteiger partial charge on any atom is 0.293 e. The van der Waals surface area contributed by atoms with Crippen molar-refractivity contribution in [2.75, 3.05) is 7.11 Å². The van der Waals surface area contributed by atoms with E-state index in [-0.39, 0.29) is 29.4 Å². The van der Waals surface area contributed by atoms with Gasteiger partial charge in [0.15, 0.2) is 11.5 Å². The fraction of sp³-hybridized carbons (Fsp3) is 0.120. The van der Waals surface area contributed by atoms with Gasteiger partial charge in [-0.3, -0.25) is 14.5 Å². The van der Waals surface area contributed by atoms with Crippen LogP contribution in [0.15, 0.2) is 71.6 Å². The van der Waals surface area contributed by atoms with Crippen molar-refractivity contribution >= 4 is 29.0 Å². The maximum atomic E-state index is 13.9. The van der Waals surface area contributed by atoms with E-state index in [1.54, 1.807) is 54.6 Å². The zero-order valence-corrected chi connectivity index (χ0v) is 18.4. The van der Waals surface area contributed by atoms with Crippen molar-refractivity contribution in [1.82, 2.24) is 4.90 Å². The molecule has 168 valence electrons. The van der Waals surface area contributed by atoms with Crippen molar-refractivity contribution in [3.63, 3.8) is 0 Å². The number of amides is 2. The monoisotopic (exact) mass is 467 g/mol. The Kier molecular flexibility index (Phi) is 6.74. The molecule has 0 aliphatic carbocycles. The van der Waals surface area contributed by atoms with E-state index in [9.17, 15) is 18.4 Å². The number of thioether (sulfide) groups is 1. The zero-order valence-electron chi connectivity index (χ0n) is 17.6. The summed E-state index contributed by atoms with van der Waals surface area (Å²) in [7, 11) is 1.47. The Morgan fingerprint density at radius 3 is 2.24 bits per heavy atom. The number of methoxy groups -OCH3 is 1. The molecule has 0 bridgehead atoms. The number of benzene rings is 3. The molecule has 5 nitrogen and oxygen atoms in total. The third kappa shape index (κ3) is 5.06. The second-order valence-electron chi connectivity index (χ2n) is 7.15. The van der Waals surface area contributed by atoms with Crippen molar-refractivity contribution in [1.29, 1.82) is 0 Å². The number of imide groups is 1. The van der Waals surface area contributed by atoms with Crippen LogP contribution in [0.4, 0.5) is 13.6 Å². The first kappa shape index (κ1) is 22.5. The molecule has 0 radical (unpaired) electrons. The number of nitrogens with zero attached hydrogens (tertiary/aromatic N) is 1. The van der Waals surface area contributed by atoms with Crippen LogP contribution in [-0.2, 0) is 17.9 Å². The van der Waals surface area contributed by atoms with Gasteiger partial charge in [-0.15, -0.1) is 0 Å². The summed E-state index contributed by atoms with van der Waals surface area (Å²) in [5.74, 6) is -0.529. The van der Waals surface area contributed by atoms with E-state index in [2.05, 4.69) is 0 Å². The largest absolute Gasteiger partial charge is 0.493 e. The Hall–Kier alpha value is -3.65. The summed E-state index contributed by atoms with van der Waals surface area (Å²) in [5, 5.41) is -0.466. The summed E-state index contributed by atoms with van der Waals surface area (Å²) >= 11 is 0.791. The van der Waals surface area contributed by atoms with Crippen LogP contribution in [0.1, 0.15) is 16.7 Å². The van der Waals surface area contributed by atoms with Crippen LogP contribution in [0.2, 0.25) is 0 Å². The number of carbonyl (C=O) groups is 2. The minimum atomic E-state index is -0.493. The van der Waals surface area contributed by atoms with Gasteiger partial charge in [-0.25, -0.2) is 8.78 Å². The summed E-state index contributed by atoms with van der Waals surface area (Å²) in [6.45, 7) is -0.113. The smallest absolute Gasteiger partial charge is 0.293 e. The fourth-order valence-electron chi connectivity index (χ4n) is 3.25. The summed E-state index contributed by atoms with van der Waals surface area (Å²) in [5.41, 5.74) is 1.28. The molecular weight excluding hydrogens is 448 g/mol. The predicted molar refractivity (Wildman–Crippen MR) is 122 cm³/mol. The highest BCUT2D eigenvalue weighted by Crippen LogP contribution is 2.35. The van der Waals surface area contributed by atoms with Gasteiger partial charge in [0.2, 0.25) is 0 Å². The molecule has 8 heteroatoms. The minimum Gasteiger partial charge on any atom is -0.493 e. The van der Waals surface area contributed by atoms with Gasteiger partial charge in [-0.2, -0.15) is 0 Å². The molecule has 0 atom stereocenters. The van der Waals surface area contributed by atoms with Crippen LogP contribution in [0, 0.1) is 11.6 Å². The molecule has 0 N–H and O–H groups in total. The van der Waals surface area contributed by atoms with Gasteiger partial charge in [0.1, 0.15) is 18.2 Å². The Morgan fingerprint density at radius 1 is 0.909 bits per heavy atom. The van der Waals surface area contributed by atoms with Crippen molar-refractivity contribution in [2.45, 2.75) is 13.2 Å². The molecule has 3 aromatic rings. The molecule has 0 aromatic heterocycles. The molecule has 1 fully saturated rings. The Bertz CT molecular complexity index is 1240. The van der Waals surface area contributed by atoms with Crippen molar-refractivity contribution in [2.24, 2.45) is 0 Å². The van der Waals surface area contributed by atoms with Gasteiger partial charge in [0.25, 0.3) is 11.1 Å². The number of rotatable bonds is 7. The SMILES string of the molecule is COc1cc(/C=C2\SC(=O)N(Cc3ccccc3F)C2=O)ccc1OCc1ccccc1F. The highest BCUT2D eigenvalue weighted by Gasteiger charge is 2.35. The quantitative estimate of drug-likeness (QED) is 0.412. The van der Waals surface area contributed by atoms with Gasteiger partial charge >= 0.3 is 0 Å². The van der Waals surface area contributed by atoms with Crippen LogP contribution in [-0.4, -0.2) is 23.2 Å². The molecule has 0 saturated carbocycles. The molecule has 1 saturated heterocycles. The summed E-state index contributed by atoms with van der Waals surface area (Å²) in [6.07, 6.45) is 1.56. The lowest BCUT2D eigenvalue weighted by Crippen LogP contribution is -2.27. The van der Waals surface area contributed by atoms with Crippen molar-refractivity contribution in [3.05, 3.63) is 100.0 Å². The third-order valence-electron chi connectivity index (χ3n) is 4.99. The molecule has 33 heavy (non-hydrogen) atoms. The number of hydrogen-bond acceptors (Lipinski definition) is 5. The molecule has 1 aliphatic rings. The molecule has 0 spiro atoms. The van der Waals surface area contributed by atoms with Gasteiger partial charge in [0.05, 0.1) is 18.6 Å². The predicted octanol–water partition coefficient (Wildman–Crippen LogP) is 5.79. The summed E-state index contributed by atoms with van der Waals surface area (Å²) in [6, 6.07) is 17.3. The summed E-state index contributed by atoms with van der Waals surface area (Å²) in [4.78, 5) is 26.3. The zero-order chi connectivity index (χ0) is 23.4. The number of ether oxygens (including phenoxy) is 2. The van der Waals surface area contributed by atoms with E-state index in [1.165, 1.54) is 25.3 Å². The van der Waals surface area contributed by atoms with Crippen molar-refractivity contribution < 1.29 is 27.8 Å². The lowest BCUT2D eigenvalue weighted by atomic mass is 10.1. The first-order chi connectivity index (χ1) is 16.0. The number of hydrogen-bond donors (Lipinski definition) is 0. The molecular formula is C25H19F2NO4S. The molecule has 2 amide bonds. The van der Waals surface area contributed by atoms with E-state index in [1.807, 2.05) is 0 Å². The van der Waals surface area contributed by atoms with Gasteiger partial charge in [0, 0.05) is 11.1 Å². The van der Waals surface area contributed by atoms with E-state index >= 15 is 0 Å². The van der Waals surface area contributed by atoms with E-state index in [4.69, 9.17) is 9.47 Å². The van der Waals surface area contributed by atoms with Crippen LogP contribution in [0.5, 0.6) is 11.5 Å². The third-order valence-corrected chi connectivity index (χ3v) is 5.89. The Labute approximate surface area is 193 Å². The fourth-order valence-corrected chi connectivity index (χ4v) is 4.09. The van der Waals surface area contributed by atoms with Gasteiger partial charge in [-0.1, -0.05) is 42.5 Å². The van der Waals surface area contributed by atoms with Crippen LogP contribution in [0.25, 0.3) is 6.08 Å². The standard InChI is InChI=1S/C25H19F2NO4S/c1-31-22-12-16(10-11-21(22)32-15-18-7-3-5-9-20(18)27)13-23-24(29)28(25(30)33-23)14-17-6-2-4-8-19(17)26/h2-13H,14-15H2,1H3/b23-13-. The van der Waals surface area contributed by atoms with E-state index in [0.717, 1.165) is 16.7 Å². The average molecular weight is 467 g/mol. The Balaban J connectivity index is 1.50. The Morgan fingerprint density at radius 2 is 1.58 bits per heavy atom. The molecule has 4 rings (SSSR count). The van der Waals surface area contributed by atoms with Crippen LogP contribution >= 0.6 is 11.8 Å². The van der Waals surface area contributed by atoms with E-state index < -0.39 is 17.0 Å². The second kappa shape index (κ2) is 9.87. The van der Waals surface area contributed by atoms with Crippen LogP contribution < -0.4 is 9.47 Å². The van der Waals surface area contributed by atoms with Crippen LogP contribution in [0.3, 0.4) is 0 Å². The summed E-state index contributed by atoms with van der Waals surface area (Å²) < 4.78 is 38.8. The maximum absolute atomic E-state index is 13.9. The second-order valence-corrected chi connectivity index (χ2v) is 8.14. The first-order valence-corrected chi connectivity index (χ1v) is 10.8. The molecule has 1 heterocycles. The lowest BCUT2D eigenvalue weighted by Gasteiger charge is -2.13. The van der Waals surface area contributed by atoms with E-state index in [0.29, 0.717) is 22.6 Å². The number of carbonyl (C=O) groups excluding carboxylic acids is 2. The molecule has 0 unspecified atom stereocenters. The normalized spacial score (nSPS) is 14.8. The highest BCUT2D eigenvalue weighted by molar-refractivity contribution is 8.18. The highest BCUT2D eigenvalue weighted by atomic mass is 32.2. The molecule has 1 aliphatic heterocycles. The molecule has 3 aromatic carbocycles. The lowest BCUT2D eigenvalue weighted by molar-refractivity contribution is -0.123.